The summed E-state index contributed by atoms with van der Waals surface area (Å²) >= 11 is 0. The normalized spacial score (nSPS) is 21.3. The predicted octanol–water partition coefficient (Wildman–Crippen LogP) is 1.89. The van der Waals surface area contributed by atoms with Crippen LogP contribution in [-0.4, -0.2) is 80.7 Å². The van der Waals surface area contributed by atoms with Crippen molar-refractivity contribution < 1.29 is 19.3 Å². The number of rotatable bonds is 8. The molecule has 0 aromatic heterocycles. The molecule has 0 radical (unpaired) electrons. The topological polar surface area (TPSA) is 78.2 Å². The zero-order chi connectivity index (χ0) is 20.7. The molecule has 0 unspecified atom stereocenters. The minimum atomic E-state index is -0.555. The van der Waals surface area contributed by atoms with E-state index in [4.69, 9.17) is 14.2 Å². The molecular formula is C22H33N3O4. The number of hydrogen-bond acceptors (Lipinski definition) is 7. The molecule has 29 heavy (non-hydrogen) atoms. The number of likely N-dealkylation sites (tertiary alicyclic amines) is 1. The number of aliphatic hydroxyl groups is 1. The van der Waals surface area contributed by atoms with Crippen LogP contribution in [0, 0.1) is 16.7 Å². The fraction of sp³-hybridized carbons (Fsp3) is 0.682. The molecule has 1 aromatic carbocycles. The maximum Gasteiger partial charge on any atom is 0.161 e. The van der Waals surface area contributed by atoms with Crippen molar-refractivity contribution in [1.82, 2.24) is 9.80 Å². The number of piperidine rings is 1. The third-order valence-corrected chi connectivity index (χ3v) is 5.87. The van der Waals surface area contributed by atoms with Gasteiger partial charge in [-0.3, -0.25) is 9.80 Å². The van der Waals surface area contributed by atoms with Gasteiger partial charge < -0.3 is 19.3 Å². The molecule has 0 amide bonds. The van der Waals surface area contributed by atoms with Crippen LogP contribution in [0.15, 0.2) is 18.2 Å². The van der Waals surface area contributed by atoms with Gasteiger partial charge in [-0.05, 0) is 50.6 Å². The first-order chi connectivity index (χ1) is 14.0. The quantitative estimate of drug-likeness (QED) is 0.710. The van der Waals surface area contributed by atoms with Crippen LogP contribution in [0.1, 0.15) is 25.3 Å². The number of methoxy groups -OCH3 is 1. The minimum Gasteiger partial charge on any atom is -0.493 e. The maximum absolute atomic E-state index is 10.3. The van der Waals surface area contributed by atoms with Crippen molar-refractivity contribution >= 4 is 0 Å². The lowest BCUT2D eigenvalue weighted by atomic mass is 9.82. The van der Waals surface area contributed by atoms with Gasteiger partial charge in [0.1, 0.15) is 12.7 Å². The highest BCUT2D eigenvalue weighted by Crippen LogP contribution is 2.32. The first-order valence-corrected chi connectivity index (χ1v) is 10.4. The molecule has 160 valence electrons. The summed E-state index contributed by atoms with van der Waals surface area (Å²) < 4.78 is 16.7. The van der Waals surface area contributed by atoms with E-state index in [0.717, 1.165) is 64.3 Å². The Morgan fingerprint density at radius 2 is 1.90 bits per heavy atom. The van der Waals surface area contributed by atoms with Crippen molar-refractivity contribution in [3.05, 3.63) is 23.8 Å². The highest BCUT2D eigenvalue weighted by molar-refractivity contribution is 5.43. The lowest BCUT2D eigenvalue weighted by molar-refractivity contribution is 0.00445. The Labute approximate surface area is 173 Å². The molecule has 2 aliphatic rings. The molecule has 1 aromatic rings. The minimum absolute atomic E-state index is 0.187. The molecule has 0 bridgehead atoms. The van der Waals surface area contributed by atoms with Gasteiger partial charge in [0.2, 0.25) is 0 Å². The van der Waals surface area contributed by atoms with E-state index >= 15 is 0 Å². The summed E-state index contributed by atoms with van der Waals surface area (Å²) in [7, 11) is 1.63. The van der Waals surface area contributed by atoms with Gasteiger partial charge in [-0.1, -0.05) is 6.07 Å². The number of aliphatic hydroxyl groups excluding tert-OH is 1. The largest absolute Gasteiger partial charge is 0.493 e. The lowest BCUT2D eigenvalue weighted by Crippen LogP contribution is -2.42. The van der Waals surface area contributed by atoms with E-state index in [1.807, 2.05) is 25.1 Å². The number of ether oxygens (including phenoxy) is 3. The summed E-state index contributed by atoms with van der Waals surface area (Å²) in [5.74, 6) is 1.33. The van der Waals surface area contributed by atoms with Crippen molar-refractivity contribution in [3.8, 4) is 17.6 Å². The van der Waals surface area contributed by atoms with Crippen LogP contribution >= 0.6 is 0 Å². The van der Waals surface area contributed by atoms with Crippen LogP contribution in [0.2, 0.25) is 0 Å². The van der Waals surface area contributed by atoms with Gasteiger partial charge in [0.05, 0.1) is 31.8 Å². The van der Waals surface area contributed by atoms with Crippen molar-refractivity contribution in [2.75, 3.05) is 59.7 Å². The Morgan fingerprint density at radius 1 is 1.17 bits per heavy atom. The molecule has 2 fully saturated rings. The fourth-order valence-electron chi connectivity index (χ4n) is 3.82. The molecular weight excluding hydrogens is 370 g/mol. The molecule has 0 spiro atoms. The summed E-state index contributed by atoms with van der Waals surface area (Å²) in [5.41, 5.74) is 0.970. The molecule has 0 aliphatic carbocycles. The molecule has 2 heterocycles. The molecule has 3 rings (SSSR count). The standard InChI is InChI=1S/C22H33N3O4/c1-22(17-23)5-7-24(8-6-22)14-18-3-4-20(21(13-18)27-2)29-16-19(26)15-25-9-11-28-12-10-25/h3-4,13,19,26H,5-12,14-16H2,1-2H3/t19-/m0/s1. The average molecular weight is 404 g/mol. The van der Waals surface area contributed by atoms with Crippen LogP contribution in [-0.2, 0) is 11.3 Å². The second-order valence-electron chi connectivity index (χ2n) is 8.31. The number of benzene rings is 1. The van der Waals surface area contributed by atoms with Gasteiger partial charge in [-0.2, -0.15) is 5.26 Å². The van der Waals surface area contributed by atoms with E-state index < -0.39 is 6.10 Å². The smallest absolute Gasteiger partial charge is 0.161 e. The molecule has 2 saturated heterocycles. The number of morpholine rings is 1. The van der Waals surface area contributed by atoms with Gasteiger partial charge in [-0.15, -0.1) is 0 Å². The van der Waals surface area contributed by atoms with E-state index in [0.29, 0.717) is 18.0 Å². The average Bonchev–Trinajstić information content (AvgIpc) is 2.75. The molecule has 7 nitrogen and oxygen atoms in total. The predicted molar refractivity (Wildman–Crippen MR) is 110 cm³/mol. The zero-order valence-electron chi connectivity index (χ0n) is 17.6. The van der Waals surface area contributed by atoms with Crippen LogP contribution in [0.25, 0.3) is 0 Å². The Balaban J connectivity index is 1.50. The van der Waals surface area contributed by atoms with Crippen molar-refractivity contribution in [2.45, 2.75) is 32.4 Å². The molecule has 1 N–H and O–H groups in total. The molecule has 7 heteroatoms. The Kier molecular flexibility index (Phi) is 7.73. The van der Waals surface area contributed by atoms with E-state index in [1.165, 1.54) is 0 Å². The van der Waals surface area contributed by atoms with Crippen LogP contribution < -0.4 is 9.47 Å². The Morgan fingerprint density at radius 3 is 2.55 bits per heavy atom. The number of nitriles is 1. The van der Waals surface area contributed by atoms with Crippen LogP contribution in [0.4, 0.5) is 0 Å². The first kappa shape index (κ1) is 21.8. The van der Waals surface area contributed by atoms with Crippen LogP contribution in [0.3, 0.4) is 0 Å². The Hall–Kier alpha value is -1.85. The second-order valence-corrected chi connectivity index (χ2v) is 8.31. The first-order valence-electron chi connectivity index (χ1n) is 10.4. The highest BCUT2D eigenvalue weighted by atomic mass is 16.5. The van der Waals surface area contributed by atoms with E-state index in [-0.39, 0.29) is 12.0 Å². The molecule has 2 aliphatic heterocycles. The summed E-state index contributed by atoms with van der Waals surface area (Å²) in [6.45, 7) is 8.68. The monoisotopic (exact) mass is 403 g/mol. The van der Waals surface area contributed by atoms with Crippen molar-refractivity contribution in [2.24, 2.45) is 5.41 Å². The van der Waals surface area contributed by atoms with E-state index in [2.05, 4.69) is 15.9 Å². The van der Waals surface area contributed by atoms with Gasteiger partial charge >= 0.3 is 0 Å². The summed E-state index contributed by atoms with van der Waals surface area (Å²) in [6.07, 6.45) is 1.26. The third-order valence-electron chi connectivity index (χ3n) is 5.87. The van der Waals surface area contributed by atoms with Gasteiger partial charge in [0.25, 0.3) is 0 Å². The van der Waals surface area contributed by atoms with Gasteiger partial charge in [-0.25, -0.2) is 0 Å². The number of β-amino-alcohol motifs (C(OH)–C–C–N with tert-alkyl or cyclic N) is 1. The fourth-order valence-corrected chi connectivity index (χ4v) is 3.82. The highest BCUT2D eigenvalue weighted by Gasteiger charge is 2.29. The van der Waals surface area contributed by atoms with Crippen LogP contribution in [0.5, 0.6) is 11.5 Å². The van der Waals surface area contributed by atoms with E-state index in [1.54, 1.807) is 7.11 Å². The third kappa shape index (κ3) is 6.31. The number of hydrogen-bond donors (Lipinski definition) is 1. The SMILES string of the molecule is COc1cc(CN2CCC(C)(C#N)CC2)ccc1OC[C@@H](O)CN1CCOCC1. The van der Waals surface area contributed by atoms with Crippen molar-refractivity contribution in [1.29, 1.82) is 5.26 Å². The van der Waals surface area contributed by atoms with E-state index in [9.17, 15) is 10.4 Å². The Bertz CT molecular complexity index is 692. The summed E-state index contributed by atoms with van der Waals surface area (Å²) in [4.78, 5) is 4.56. The molecule has 1 atom stereocenters. The molecule has 0 saturated carbocycles. The zero-order valence-corrected chi connectivity index (χ0v) is 17.6. The summed E-state index contributed by atoms with van der Waals surface area (Å²) in [6, 6.07) is 8.41. The lowest BCUT2D eigenvalue weighted by Gasteiger charge is -2.35. The second kappa shape index (κ2) is 10.3. The van der Waals surface area contributed by atoms with Crippen molar-refractivity contribution in [3.63, 3.8) is 0 Å². The summed E-state index contributed by atoms with van der Waals surface area (Å²) in [5, 5.41) is 19.6. The number of nitrogens with zero attached hydrogens (tertiary/aromatic N) is 3. The maximum atomic E-state index is 10.3. The van der Waals surface area contributed by atoms with Gasteiger partial charge in [0, 0.05) is 26.2 Å². The van der Waals surface area contributed by atoms with Gasteiger partial charge in [0.15, 0.2) is 11.5 Å².